The Labute approximate surface area is 180 Å². The Morgan fingerprint density at radius 1 is 1.17 bits per heavy atom. The zero-order valence-corrected chi connectivity index (χ0v) is 19.5. The molecular formula is C22H31N3O2S2. The number of thiophene rings is 1. The van der Waals surface area contributed by atoms with Gasteiger partial charge >= 0.3 is 0 Å². The first-order valence-electron chi connectivity index (χ1n) is 10.8. The molecule has 1 atom stereocenters. The summed E-state index contributed by atoms with van der Waals surface area (Å²) >= 11 is 3.19. The molecule has 0 spiro atoms. The van der Waals surface area contributed by atoms with E-state index in [9.17, 15) is 9.59 Å². The minimum atomic E-state index is -0.239. The van der Waals surface area contributed by atoms with Crippen LogP contribution in [0.25, 0.3) is 10.2 Å². The van der Waals surface area contributed by atoms with Gasteiger partial charge in [0.1, 0.15) is 4.83 Å². The highest BCUT2D eigenvalue weighted by Gasteiger charge is 2.31. The number of aryl methyl sites for hydroxylation is 2. The van der Waals surface area contributed by atoms with Crippen LogP contribution in [0.4, 0.5) is 0 Å². The van der Waals surface area contributed by atoms with Crippen LogP contribution in [0.5, 0.6) is 0 Å². The number of aromatic nitrogens is 2. The first kappa shape index (κ1) is 20.9. The van der Waals surface area contributed by atoms with Crippen LogP contribution in [0.3, 0.4) is 0 Å². The molecule has 2 aromatic rings. The highest BCUT2D eigenvalue weighted by molar-refractivity contribution is 8.00. The molecule has 7 heteroatoms. The zero-order valence-electron chi connectivity index (χ0n) is 17.9. The fourth-order valence-corrected chi connectivity index (χ4v) is 7.22. The molecule has 2 aliphatic carbocycles. The van der Waals surface area contributed by atoms with E-state index >= 15 is 0 Å². The SMILES string of the molecule is CC(C)C(Sc1nc2sc3c(c2c(=O)n1C1CCCC1)CCCC3)C(=O)N(C)C. The Kier molecular flexibility index (Phi) is 6.07. The third-order valence-corrected chi connectivity index (χ3v) is 8.88. The van der Waals surface area contributed by atoms with Crippen molar-refractivity contribution >= 4 is 39.2 Å². The molecule has 0 aromatic carbocycles. The number of rotatable bonds is 5. The molecule has 158 valence electrons. The Hall–Kier alpha value is -1.34. The van der Waals surface area contributed by atoms with Gasteiger partial charge in [0.05, 0.1) is 10.6 Å². The second-order valence-electron chi connectivity index (χ2n) is 8.91. The van der Waals surface area contributed by atoms with Crippen molar-refractivity contribution in [3.63, 3.8) is 0 Å². The van der Waals surface area contributed by atoms with Crippen LogP contribution in [0, 0.1) is 5.92 Å². The largest absolute Gasteiger partial charge is 0.348 e. The van der Waals surface area contributed by atoms with Crippen molar-refractivity contribution < 1.29 is 4.79 Å². The van der Waals surface area contributed by atoms with E-state index in [-0.39, 0.29) is 28.7 Å². The van der Waals surface area contributed by atoms with Crippen LogP contribution >= 0.6 is 23.1 Å². The average molecular weight is 434 g/mol. The quantitative estimate of drug-likeness (QED) is 0.508. The van der Waals surface area contributed by atoms with Crippen molar-refractivity contribution in [1.82, 2.24) is 14.5 Å². The third-order valence-electron chi connectivity index (χ3n) is 6.20. The van der Waals surface area contributed by atoms with Crippen LogP contribution in [-0.4, -0.2) is 39.7 Å². The van der Waals surface area contributed by atoms with Gasteiger partial charge in [-0.2, -0.15) is 0 Å². The van der Waals surface area contributed by atoms with E-state index in [0.717, 1.165) is 60.3 Å². The second kappa shape index (κ2) is 8.42. The summed E-state index contributed by atoms with van der Waals surface area (Å²) in [4.78, 5) is 35.5. The minimum absolute atomic E-state index is 0.0859. The van der Waals surface area contributed by atoms with E-state index in [0.29, 0.717) is 0 Å². The fraction of sp³-hybridized carbons (Fsp3) is 0.682. The lowest BCUT2D eigenvalue weighted by molar-refractivity contribution is -0.128. The number of amides is 1. The Balaban J connectivity index is 1.86. The average Bonchev–Trinajstić information content (AvgIpc) is 3.32. The van der Waals surface area contributed by atoms with E-state index in [4.69, 9.17) is 4.98 Å². The van der Waals surface area contributed by atoms with Crippen LogP contribution in [0.1, 0.15) is 68.9 Å². The van der Waals surface area contributed by atoms with Crippen LogP contribution < -0.4 is 5.56 Å². The standard InChI is InChI=1S/C22H31N3O2S2/c1-13(2)18(21(27)24(3)4)29-22-23-19-17(15-11-7-8-12-16(15)28-19)20(26)25(22)14-9-5-6-10-14/h13-14,18H,5-12H2,1-4H3. The normalized spacial score (nSPS) is 18.4. The Morgan fingerprint density at radius 3 is 2.52 bits per heavy atom. The van der Waals surface area contributed by atoms with Gasteiger partial charge in [0.2, 0.25) is 5.91 Å². The maximum absolute atomic E-state index is 13.7. The van der Waals surface area contributed by atoms with Crippen molar-refractivity contribution in [3.05, 3.63) is 20.8 Å². The van der Waals surface area contributed by atoms with E-state index in [1.54, 1.807) is 30.3 Å². The van der Waals surface area contributed by atoms with Crippen molar-refractivity contribution in [2.24, 2.45) is 5.92 Å². The molecule has 2 aliphatic rings. The summed E-state index contributed by atoms with van der Waals surface area (Å²) in [6, 6.07) is 0.211. The molecule has 1 amide bonds. The first-order valence-corrected chi connectivity index (χ1v) is 12.5. The van der Waals surface area contributed by atoms with Crippen molar-refractivity contribution in [1.29, 1.82) is 0 Å². The van der Waals surface area contributed by atoms with Crippen LogP contribution in [0.15, 0.2) is 9.95 Å². The van der Waals surface area contributed by atoms with Gasteiger partial charge in [-0.25, -0.2) is 4.98 Å². The molecule has 1 saturated carbocycles. The Bertz CT molecular complexity index is 971. The second-order valence-corrected chi connectivity index (χ2v) is 11.1. The smallest absolute Gasteiger partial charge is 0.263 e. The van der Waals surface area contributed by atoms with E-state index in [1.807, 2.05) is 4.57 Å². The van der Waals surface area contributed by atoms with Gasteiger partial charge in [0.25, 0.3) is 5.56 Å². The Morgan fingerprint density at radius 2 is 1.86 bits per heavy atom. The van der Waals surface area contributed by atoms with Gasteiger partial charge in [0, 0.05) is 25.0 Å². The highest BCUT2D eigenvalue weighted by Crippen LogP contribution is 2.39. The van der Waals surface area contributed by atoms with Gasteiger partial charge < -0.3 is 4.90 Å². The zero-order chi connectivity index (χ0) is 20.7. The van der Waals surface area contributed by atoms with Gasteiger partial charge in [0.15, 0.2) is 5.16 Å². The summed E-state index contributed by atoms with van der Waals surface area (Å²) in [7, 11) is 3.60. The number of nitrogens with zero attached hydrogens (tertiary/aromatic N) is 3. The highest BCUT2D eigenvalue weighted by atomic mass is 32.2. The summed E-state index contributed by atoms with van der Waals surface area (Å²) in [6.45, 7) is 4.14. The van der Waals surface area contributed by atoms with Crippen molar-refractivity contribution in [2.45, 2.75) is 81.7 Å². The summed E-state index contributed by atoms with van der Waals surface area (Å²) in [5.41, 5.74) is 1.38. The molecule has 0 bridgehead atoms. The number of hydrogen-bond acceptors (Lipinski definition) is 5. The van der Waals surface area contributed by atoms with E-state index in [2.05, 4.69) is 13.8 Å². The van der Waals surface area contributed by atoms with Crippen molar-refractivity contribution in [3.8, 4) is 0 Å². The lowest BCUT2D eigenvalue weighted by Gasteiger charge is -2.25. The number of carbonyl (C=O) groups is 1. The lowest BCUT2D eigenvalue weighted by atomic mass is 9.97. The first-order chi connectivity index (χ1) is 13.9. The van der Waals surface area contributed by atoms with Crippen LogP contribution in [-0.2, 0) is 17.6 Å². The minimum Gasteiger partial charge on any atom is -0.348 e. The molecule has 1 fully saturated rings. The molecule has 29 heavy (non-hydrogen) atoms. The van der Waals surface area contributed by atoms with E-state index < -0.39 is 0 Å². The summed E-state index contributed by atoms with van der Waals surface area (Å²) in [5, 5.41) is 1.36. The molecule has 1 unspecified atom stereocenters. The molecule has 0 aliphatic heterocycles. The topological polar surface area (TPSA) is 55.2 Å². The summed E-state index contributed by atoms with van der Waals surface area (Å²) < 4.78 is 1.96. The van der Waals surface area contributed by atoms with Gasteiger partial charge in [-0.3, -0.25) is 14.2 Å². The predicted molar refractivity (Wildman–Crippen MR) is 121 cm³/mol. The number of hydrogen-bond donors (Lipinski definition) is 0. The fourth-order valence-electron chi connectivity index (χ4n) is 4.61. The molecule has 2 heterocycles. The molecule has 2 aromatic heterocycles. The number of carbonyl (C=O) groups excluding carboxylic acids is 1. The summed E-state index contributed by atoms with van der Waals surface area (Å²) in [6.07, 6.45) is 8.79. The van der Waals surface area contributed by atoms with E-state index in [1.165, 1.54) is 28.6 Å². The molecule has 0 saturated heterocycles. The monoisotopic (exact) mass is 433 g/mol. The molecule has 0 radical (unpaired) electrons. The number of thioether (sulfide) groups is 1. The van der Waals surface area contributed by atoms with Crippen LogP contribution in [0.2, 0.25) is 0 Å². The molecular weight excluding hydrogens is 402 g/mol. The maximum atomic E-state index is 13.7. The lowest BCUT2D eigenvalue weighted by Crippen LogP contribution is -2.36. The van der Waals surface area contributed by atoms with Gasteiger partial charge in [-0.1, -0.05) is 38.5 Å². The van der Waals surface area contributed by atoms with Gasteiger partial charge in [-0.15, -0.1) is 11.3 Å². The summed E-state index contributed by atoms with van der Waals surface area (Å²) in [5.74, 6) is 0.249. The molecule has 4 rings (SSSR count). The number of fused-ring (bicyclic) bond motifs is 3. The molecule has 5 nitrogen and oxygen atoms in total. The maximum Gasteiger partial charge on any atom is 0.263 e. The molecule has 0 N–H and O–H groups in total. The van der Waals surface area contributed by atoms with Gasteiger partial charge in [-0.05, 0) is 50.0 Å². The predicted octanol–water partition coefficient (Wildman–Crippen LogP) is 4.66. The van der Waals surface area contributed by atoms with Crippen molar-refractivity contribution in [2.75, 3.05) is 14.1 Å². The third kappa shape index (κ3) is 3.88.